The maximum Gasteiger partial charge on any atom is 0.225 e. The molecule has 0 spiro atoms. The van der Waals surface area contributed by atoms with Crippen LogP contribution in [0.25, 0.3) is 77.8 Å². The van der Waals surface area contributed by atoms with Crippen LogP contribution in [0.1, 0.15) is 11.8 Å². The van der Waals surface area contributed by atoms with Crippen LogP contribution in [-0.4, -0.2) is 15.0 Å². The van der Waals surface area contributed by atoms with Gasteiger partial charge in [0, 0.05) is 40.8 Å². The fraction of sp³-hybridized carbons (Fsp3) is 0.0238. The first-order chi connectivity index (χ1) is 23.8. The molecule has 1 atom stereocenters. The van der Waals surface area contributed by atoms with E-state index in [0.717, 1.165) is 66.3 Å². The smallest absolute Gasteiger partial charge is 0.225 e. The number of rotatable bonds is 6. The summed E-state index contributed by atoms with van der Waals surface area (Å²) in [5.41, 5.74) is 10.3. The second kappa shape index (κ2) is 11.7. The molecule has 3 aromatic heterocycles. The molecule has 9 rings (SSSR count). The molecular formula is C42H28N4O2. The summed E-state index contributed by atoms with van der Waals surface area (Å²) in [5.74, 6) is 0.557. The third kappa shape index (κ3) is 4.79. The van der Waals surface area contributed by atoms with Crippen molar-refractivity contribution in [2.24, 2.45) is 0 Å². The van der Waals surface area contributed by atoms with Crippen LogP contribution >= 0.6 is 0 Å². The fourth-order valence-electron chi connectivity index (χ4n) is 6.77. The van der Waals surface area contributed by atoms with Gasteiger partial charge in [-0.3, -0.25) is 9.97 Å². The van der Waals surface area contributed by atoms with E-state index >= 15 is 0 Å². The first-order valence-electron chi connectivity index (χ1n) is 15.8. The Labute approximate surface area is 277 Å². The molecule has 0 saturated carbocycles. The highest BCUT2D eigenvalue weighted by molar-refractivity contribution is 6.21. The minimum Gasteiger partial charge on any atom is -0.473 e. The van der Waals surface area contributed by atoms with Crippen molar-refractivity contribution in [3.63, 3.8) is 0 Å². The monoisotopic (exact) mass is 620 g/mol. The second-order valence-electron chi connectivity index (χ2n) is 11.7. The van der Waals surface area contributed by atoms with Crippen molar-refractivity contribution in [2.45, 2.75) is 6.23 Å². The summed E-state index contributed by atoms with van der Waals surface area (Å²) in [6.07, 6.45) is 10.2. The van der Waals surface area contributed by atoms with E-state index in [-0.39, 0.29) is 6.23 Å². The van der Waals surface area contributed by atoms with Crippen molar-refractivity contribution in [3.8, 4) is 56.2 Å². The highest BCUT2D eigenvalue weighted by Crippen LogP contribution is 2.45. The van der Waals surface area contributed by atoms with Crippen LogP contribution in [0.15, 0.2) is 163 Å². The average molecular weight is 621 g/mol. The zero-order chi connectivity index (χ0) is 31.9. The Morgan fingerprint density at radius 2 is 1.21 bits per heavy atom. The van der Waals surface area contributed by atoms with Gasteiger partial charge in [0.05, 0.1) is 17.6 Å². The lowest BCUT2D eigenvalue weighted by atomic mass is 9.86. The largest absolute Gasteiger partial charge is 0.473 e. The summed E-state index contributed by atoms with van der Waals surface area (Å²) < 4.78 is 11.5. The molecule has 1 N–H and O–H groups in total. The van der Waals surface area contributed by atoms with E-state index in [2.05, 4.69) is 119 Å². The van der Waals surface area contributed by atoms with Gasteiger partial charge in [-0.2, -0.15) is 0 Å². The number of aromatic nitrogens is 3. The third-order valence-electron chi connectivity index (χ3n) is 8.92. The minimum atomic E-state index is -0.265. The number of ether oxygens (including phenoxy) is 1. The van der Waals surface area contributed by atoms with E-state index in [0.29, 0.717) is 5.89 Å². The Morgan fingerprint density at radius 1 is 0.521 bits per heavy atom. The molecule has 0 amide bonds. The normalized spacial score (nSPS) is 13.9. The van der Waals surface area contributed by atoms with Crippen LogP contribution in [0.5, 0.6) is 0 Å². The predicted molar refractivity (Wildman–Crippen MR) is 190 cm³/mol. The molecule has 228 valence electrons. The minimum absolute atomic E-state index is 0.265. The van der Waals surface area contributed by atoms with Crippen LogP contribution in [0.4, 0.5) is 0 Å². The summed E-state index contributed by atoms with van der Waals surface area (Å²) in [6.45, 7) is 0. The highest BCUT2D eigenvalue weighted by atomic mass is 16.5. The summed E-state index contributed by atoms with van der Waals surface area (Å²) in [4.78, 5) is 14.3. The molecule has 6 nitrogen and oxygen atoms in total. The van der Waals surface area contributed by atoms with Gasteiger partial charge >= 0.3 is 0 Å². The average Bonchev–Trinajstić information content (AvgIpc) is 3.90. The van der Waals surface area contributed by atoms with Crippen LogP contribution in [0, 0.1) is 0 Å². The molecule has 5 aromatic carbocycles. The fourth-order valence-corrected chi connectivity index (χ4v) is 6.77. The van der Waals surface area contributed by atoms with Crippen molar-refractivity contribution in [2.75, 3.05) is 0 Å². The molecule has 0 aliphatic carbocycles. The lowest BCUT2D eigenvalue weighted by molar-refractivity contribution is 0.154. The third-order valence-corrected chi connectivity index (χ3v) is 8.92. The first-order valence-corrected chi connectivity index (χ1v) is 15.8. The molecule has 1 aliphatic rings. The molecule has 0 radical (unpaired) electrons. The van der Waals surface area contributed by atoms with Gasteiger partial charge in [0.1, 0.15) is 12.5 Å². The molecule has 4 heterocycles. The van der Waals surface area contributed by atoms with Gasteiger partial charge in [0.25, 0.3) is 0 Å². The topological polar surface area (TPSA) is 73.1 Å². The summed E-state index contributed by atoms with van der Waals surface area (Å²) in [5, 5.41) is 7.59. The van der Waals surface area contributed by atoms with Crippen LogP contribution in [0.2, 0.25) is 0 Å². The predicted octanol–water partition coefficient (Wildman–Crippen LogP) is 10.2. The zero-order valence-corrected chi connectivity index (χ0v) is 25.7. The van der Waals surface area contributed by atoms with Crippen molar-refractivity contribution < 1.29 is 9.15 Å². The van der Waals surface area contributed by atoms with Gasteiger partial charge in [0.15, 0.2) is 6.23 Å². The molecule has 1 aliphatic heterocycles. The molecule has 0 bridgehead atoms. The Kier molecular flexibility index (Phi) is 6.75. The van der Waals surface area contributed by atoms with Crippen LogP contribution < -0.4 is 5.32 Å². The van der Waals surface area contributed by atoms with E-state index in [1.54, 1.807) is 18.7 Å². The standard InChI is InChI=1S/C42H28N4O2/c1-2-8-27(9-3-1)31-10-4-5-11-32(31)28-14-15-35-36(24-28)40(38-26-30(17-19-44-38)42-46-21-23-48-42)34-13-7-6-12-33(34)39(35)37-25-29(16-18-43-37)41-45-20-22-47-41/h1-26,42,46H. The number of nitrogens with one attached hydrogen (secondary N) is 1. The zero-order valence-electron chi connectivity index (χ0n) is 25.7. The number of benzene rings is 5. The molecule has 6 heteroatoms. The second-order valence-corrected chi connectivity index (χ2v) is 11.7. The molecule has 8 aromatic rings. The quantitative estimate of drug-likeness (QED) is 0.187. The number of hydrogen-bond donors (Lipinski definition) is 1. The summed E-state index contributed by atoms with van der Waals surface area (Å²) in [7, 11) is 0. The first kappa shape index (κ1) is 27.8. The highest BCUT2D eigenvalue weighted by Gasteiger charge is 2.22. The number of fused-ring (bicyclic) bond motifs is 2. The van der Waals surface area contributed by atoms with Gasteiger partial charge in [-0.25, -0.2) is 4.98 Å². The van der Waals surface area contributed by atoms with E-state index in [1.807, 2.05) is 30.7 Å². The lowest BCUT2D eigenvalue weighted by Crippen LogP contribution is -2.11. The number of hydrogen-bond acceptors (Lipinski definition) is 6. The number of nitrogens with zero attached hydrogens (tertiary/aromatic N) is 3. The Bertz CT molecular complexity index is 2460. The molecular weight excluding hydrogens is 592 g/mol. The lowest BCUT2D eigenvalue weighted by Gasteiger charge is -2.19. The van der Waals surface area contributed by atoms with Gasteiger partial charge in [-0.15, -0.1) is 0 Å². The molecule has 0 fully saturated rings. The number of oxazole rings is 1. The van der Waals surface area contributed by atoms with E-state index < -0.39 is 0 Å². The Hall–Kier alpha value is -6.53. The van der Waals surface area contributed by atoms with E-state index in [1.165, 1.54) is 11.1 Å². The SMILES string of the molecule is C1=COC(c2ccnc(-c3c4ccccc4c(-c4cc(-c5ncco5)ccn4)c4ccc(-c5ccccc5-c5ccccc5)cc34)c2)N1. The van der Waals surface area contributed by atoms with Crippen molar-refractivity contribution >= 4 is 21.5 Å². The van der Waals surface area contributed by atoms with Crippen molar-refractivity contribution in [3.05, 3.63) is 164 Å². The summed E-state index contributed by atoms with van der Waals surface area (Å²) in [6, 6.07) is 42.5. The summed E-state index contributed by atoms with van der Waals surface area (Å²) >= 11 is 0. The maximum absolute atomic E-state index is 5.82. The molecule has 1 unspecified atom stereocenters. The van der Waals surface area contributed by atoms with Crippen LogP contribution in [0.3, 0.4) is 0 Å². The molecule has 0 saturated heterocycles. The van der Waals surface area contributed by atoms with Gasteiger partial charge in [-0.05, 0) is 74.1 Å². The van der Waals surface area contributed by atoms with Crippen LogP contribution in [-0.2, 0) is 4.74 Å². The van der Waals surface area contributed by atoms with Gasteiger partial charge < -0.3 is 14.5 Å². The van der Waals surface area contributed by atoms with E-state index in [4.69, 9.17) is 19.1 Å². The number of pyridine rings is 2. The van der Waals surface area contributed by atoms with Crippen molar-refractivity contribution in [1.29, 1.82) is 0 Å². The maximum atomic E-state index is 5.82. The molecule has 48 heavy (non-hydrogen) atoms. The van der Waals surface area contributed by atoms with E-state index in [9.17, 15) is 0 Å². The Morgan fingerprint density at radius 3 is 1.96 bits per heavy atom. The van der Waals surface area contributed by atoms with Gasteiger partial charge in [0.2, 0.25) is 5.89 Å². The van der Waals surface area contributed by atoms with Gasteiger partial charge in [-0.1, -0.05) is 91.0 Å². The van der Waals surface area contributed by atoms with Crippen molar-refractivity contribution in [1.82, 2.24) is 20.3 Å². The Balaban J connectivity index is 1.35.